The smallest absolute Gasteiger partial charge is 0.261 e. The Morgan fingerprint density at radius 2 is 1.64 bits per heavy atom. The zero-order valence-corrected chi connectivity index (χ0v) is 20.6. The molecule has 0 spiro atoms. The van der Waals surface area contributed by atoms with Crippen LogP contribution in [0.2, 0.25) is 0 Å². The van der Waals surface area contributed by atoms with E-state index in [0.29, 0.717) is 31.5 Å². The first-order chi connectivity index (χ1) is 17.4. The van der Waals surface area contributed by atoms with Crippen LogP contribution >= 0.6 is 0 Å². The third-order valence-corrected chi connectivity index (χ3v) is 7.36. The first-order valence-electron chi connectivity index (χ1n) is 12.2. The first kappa shape index (κ1) is 23.6. The summed E-state index contributed by atoms with van der Waals surface area (Å²) in [6.07, 6.45) is 1.30. The molecule has 0 bridgehead atoms. The maximum atomic E-state index is 13.8. The molecule has 1 saturated heterocycles. The highest BCUT2D eigenvalue weighted by Gasteiger charge is 2.54. The number of guanidine groups is 1. The number of nitrogens with two attached hydrogens (primary N) is 1. The van der Waals surface area contributed by atoms with Crippen molar-refractivity contribution in [2.45, 2.75) is 18.4 Å². The van der Waals surface area contributed by atoms with Crippen molar-refractivity contribution in [3.63, 3.8) is 0 Å². The van der Waals surface area contributed by atoms with Crippen molar-refractivity contribution in [2.24, 2.45) is 16.6 Å². The quantitative estimate of drug-likeness (QED) is 0.598. The van der Waals surface area contributed by atoms with Gasteiger partial charge in [-0.1, -0.05) is 48.5 Å². The van der Waals surface area contributed by atoms with Gasteiger partial charge in [-0.2, -0.15) is 0 Å². The Bertz CT molecular complexity index is 1310. The SMILES string of the molecule is COc1cccc(-c2cccc(C3(C4CCN(C(=O)c5ccccc5)CC4)N=C(N)N(C)C3=O)c2)c1. The molecule has 7 heteroatoms. The van der Waals surface area contributed by atoms with Gasteiger partial charge in [-0.3, -0.25) is 14.5 Å². The van der Waals surface area contributed by atoms with Crippen molar-refractivity contribution >= 4 is 17.8 Å². The van der Waals surface area contributed by atoms with Crippen molar-refractivity contribution in [1.29, 1.82) is 0 Å². The number of carbonyl (C=O) groups is 2. The predicted octanol–water partition coefficient (Wildman–Crippen LogP) is 3.90. The number of ether oxygens (including phenoxy) is 1. The molecule has 2 amide bonds. The monoisotopic (exact) mass is 482 g/mol. The molecule has 0 aliphatic carbocycles. The average Bonchev–Trinajstić information content (AvgIpc) is 3.18. The molecule has 36 heavy (non-hydrogen) atoms. The molecule has 3 aromatic carbocycles. The number of benzene rings is 3. The lowest BCUT2D eigenvalue weighted by atomic mass is 9.72. The fourth-order valence-corrected chi connectivity index (χ4v) is 5.35. The van der Waals surface area contributed by atoms with Gasteiger partial charge in [0.2, 0.25) is 0 Å². The molecular weight excluding hydrogens is 452 g/mol. The Morgan fingerprint density at radius 3 is 2.28 bits per heavy atom. The fourth-order valence-electron chi connectivity index (χ4n) is 5.35. The number of likely N-dealkylation sites (N-methyl/N-ethyl adjacent to an activating group) is 1. The summed E-state index contributed by atoms with van der Waals surface area (Å²) in [7, 11) is 3.31. The lowest BCUT2D eigenvalue weighted by molar-refractivity contribution is -0.133. The van der Waals surface area contributed by atoms with Crippen molar-refractivity contribution in [2.75, 3.05) is 27.2 Å². The number of nitrogens with zero attached hydrogens (tertiary/aromatic N) is 3. The Kier molecular flexibility index (Phi) is 6.22. The van der Waals surface area contributed by atoms with Crippen LogP contribution in [0.5, 0.6) is 5.75 Å². The summed E-state index contributed by atoms with van der Waals surface area (Å²) in [4.78, 5) is 34.9. The van der Waals surface area contributed by atoms with E-state index in [1.54, 1.807) is 14.2 Å². The van der Waals surface area contributed by atoms with E-state index in [-0.39, 0.29) is 23.7 Å². The van der Waals surface area contributed by atoms with Crippen LogP contribution in [0.4, 0.5) is 0 Å². The second-order valence-electron chi connectivity index (χ2n) is 9.35. The van der Waals surface area contributed by atoms with Crippen LogP contribution in [0.3, 0.4) is 0 Å². The molecule has 2 aliphatic heterocycles. The molecule has 3 aromatic rings. The molecule has 0 aromatic heterocycles. The largest absolute Gasteiger partial charge is 0.497 e. The van der Waals surface area contributed by atoms with E-state index in [0.717, 1.165) is 22.4 Å². The minimum Gasteiger partial charge on any atom is -0.497 e. The number of likely N-dealkylation sites (tertiary alicyclic amines) is 1. The minimum atomic E-state index is -1.12. The summed E-state index contributed by atoms with van der Waals surface area (Å²) in [5.41, 5.74) is 8.54. The van der Waals surface area contributed by atoms with Gasteiger partial charge in [-0.05, 0) is 59.9 Å². The minimum absolute atomic E-state index is 0.0148. The van der Waals surface area contributed by atoms with Crippen LogP contribution in [0.15, 0.2) is 83.9 Å². The van der Waals surface area contributed by atoms with Gasteiger partial charge in [0.25, 0.3) is 11.8 Å². The number of rotatable bonds is 5. The highest BCUT2D eigenvalue weighted by molar-refractivity contribution is 6.07. The van der Waals surface area contributed by atoms with Gasteiger partial charge >= 0.3 is 0 Å². The highest BCUT2D eigenvalue weighted by Crippen LogP contribution is 2.45. The van der Waals surface area contributed by atoms with Crippen LogP contribution in [-0.2, 0) is 10.3 Å². The molecule has 2 heterocycles. The summed E-state index contributed by atoms with van der Waals surface area (Å²) < 4.78 is 5.40. The zero-order chi connectivity index (χ0) is 25.3. The second kappa shape index (κ2) is 9.49. The van der Waals surface area contributed by atoms with E-state index in [9.17, 15) is 9.59 Å². The zero-order valence-electron chi connectivity index (χ0n) is 20.6. The number of piperidine rings is 1. The molecule has 2 aliphatic rings. The Morgan fingerprint density at radius 1 is 0.972 bits per heavy atom. The van der Waals surface area contributed by atoms with E-state index >= 15 is 0 Å². The lowest BCUT2D eigenvalue weighted by Gasteiger charge is -2.40. The standard InChI is InChI=1S/C29H30N4O3/c1-32-27(35)29(31-28(32)30,23-14-16-33(17-15-23)26(34)20-8-4-3-5-9-20)24-12-6-10-21(18-24)22-11-7-13-25(19-22)36-2/h3-13,18-19,23H,14-17H2,1-2H3,(H2,30,31). The summed E-state index contributed by atoms with van der Waals surface area (Å²) >= 11 is 0. The molecular formula is C29H30N4O3. The second-order valence-corrected chi connectivity index (χ2v) is 9.35. The summed E-state index contributed by atoms with van der Waals surface area (Å²) in [5.74, 6) is 0.780. The molecule has 1 atom stereocenters. The van der Waals surface area contributed by atoms with Crippen molar-refractivity contribution in [1.82, 2.24) is 9.80 Å². The summed E-state index contributed by atoms with van der Waals surface area (Å²) in [6.45, 7) is 1.12. The normalized spacial score (nSPS) is 20.4. The van der Waals surface area contributed by atoms with Crippen LogP contribution < -0.4 is 10.5 Å². The molecule has 7 nitrogen and oxygen atoms in total. The number of hydrogen-bond acceptors (Lipinski definition) is 5. The van der Waals surface area contributed by atoms with Crippen LogP contribution in [-0.4, -0.2) is 54.8 Å². The number of amides is 2. The van der Waals surface area contributed by atoms with Gasteiger partial charge in [-0.25, -0.2) is 4.99 Å². The Labute approximate surface area is 211 Å². The molecule has 184 valence electrons. The van der Waals surface area contributed by atoms with Gasteiger partial charge in [0.05, 0.1) is 7.11 Å². The van der Waals surface area contributed by atoms with E-state index in [2.05, 4.69) is 0 Å². The van der Waals surface area contributed by atoms with Crippen LogP contribution in [0, 0.1) is 5.92 Å². The summed E-state index contributed by atoms with van der Waals surface area (Å²) in [6, 6.07) is 25.1. The highest BCUT2D eigenvalue weighted by atomic mass is 16.5. The predicted molar refractivity (Wildman–Crippen MR) is 140 cm³/mol. The third kappa shape index (κ3) is 4.00. The molecule has 0 saturated carbocycles. The topological polar surface area (TPSA) is 88.2 Å². The van der Waals surface area contributed by atoms with Crippen molar-refractivity contribution < 1.29 is 14.3 Å². The van der Waals surface area contributed by atoms with Crippen LogP contribution in [0.1, 0.15) is 28.8 Å². The first-order valence-corrected chi connectivity index (χ1v) is 12.2. The Hall–Kier alpha value is -4.13. The van der Waals surface area contributed by atoms with Gasteiger partial charge in [0.1, 0.15) is 5.75 Å². The number of carbonyl (C=O) groups excluding carboxylic acids is 2. The van der Waals surface area contributed by atoms with E-state index in [4.69, 9.17) is 15.5 Å². The molecule has 5 rings (SSSR count). The van der Waals surface area contributed by atoms with Gasteiger partial charge < -0.3 is 15.4 Å². The number of methoxy groups -OCH3 is 1. The van der Waals surface area contributed by atoms with Crippen molar-refractivity contribution in [3.8, 4) is 16.9 Å². The average molecular weight is 483 g/mol. The molecule has 1 unspecified atom stereocenters. The third-order valence-electron chi connectivity index (χ3n) is 7.36. The van der Waals surface area contributed by atoms with Gasteiger partial charge in [0, 0.05) is 31.6 Å². The molecule has 0 radical (unpaired) electrons. The van der Waals surface area contributed by atoms with Gasteiger partial charge in [-0.15, -0.1) is 0 Å². The number of aliphatic imine (C=N–C) groups is 1. The lowest BCUT2D eigenvalue weighted by Crippen LogP contribution is -2.49. The van der Waals surface area contributed by atoms with Gasteiger partial charge in [0.15, 0.2) is 11.5 Å². The Balaban J connectivity index is 1.48. The van der Waals surface area contributed by atoms with Crippen molar-refractivity contribution in [3.05, 3.63) is 90.0 Å². The molecule has 2 N–H and O–H groups in total. The molecule has 1 fully saturated rings. The van der Waals surface area contributed by atoms with E-state index in [1.807, 2.05) is 83.8 Å². The van der Waals surface area contributed by atoms with Crippen LogP contribution in [0.25, 0.3) is 11.1 Å². The van der Waals surface area contributed by atoms with E-state index in [1.165, 1.54) is 4.90 Å². The van der Waals surface area contributed by atoms with E-state index < -0.39 is 5.54 Å². The maximum Gasteiger partial charge on any atom is 0.261 e. The fraction of sp³-hybridized carbons (Fsp3) is 0.276. The number of hydrogen-bond donors (Lipinski definition) is 1. The summed E-state index contributed by atoms with van der Waals surface area (Å²) in [5, 5.41) is 0. The maximum absolute atomic E-state index is 13.8.